The first kappa shape index (κ1) is 32.9. The van der Waals surface area contributed by atoms with E-state index >= 15 is 0 Å². The van der Waals surface area contributed by atoms with E-state index in [4.69, 9.17) is 15.0 Å². The number of fused-ring (bicyclic) bond motifs is 3. The van der Waals surface area contributed by atoms with Crippen LogP contribution in [-0.2, 0) is 5.41 Å². The lowest BCUT2D eigenvalue weighted by atomic mass is 9.54. The number of benzene rings is 5. The van der Waals surface area contributed by atoms with E-state index in [-0.39, 0.29) is 5.41 Å². The van der Waals surface area contributed by atoms with E-state index in [1.54, 1.807) is 0 Å². The molecule has 9 rings (SSSR count). The molecule has 0 spiro atoms. The lowest BCUT2D eigenvalue weighted by molar-refractivity contribution is 0.0780. The third kappa shape index (κ3) is 6.40. The maximum Gasteiger partial charge on any atom is 0.164 e. The second-order valence-corrected chi connectivity index (χ2v) is 15.6. The Morgan fingerprint density at radius 1 is 0.566 bits per heavy atom. The fourth-order valence-electron chi connectivity index (χ4n) is 9.52. The number of rotatable bonds is 6. The summed E-state index contributed by atoms with van der Waals surface area (Å²) in [5.41, 5.74) is 10.3. The Morgan fingerprint density at radius 2 is 1.17 bits per heavy atom. The van der Waals surface area contributed by atoms with Gasteiger partial charge in [-0.05, 0) is 113 Å². The smallest absolute Gasteiger partial charge is 0.164 e. The van der Waals surface area contributed by atoms with Gasteiger partial charge in [0.25, 0.3) is 0 Å². The van der Waals surface area contributed by atoms with Crippen LogP contribution in [0.3, 0.4) is 0 Å². The summed E-state index contributed by atoms with van der Waals surface area (Å²) in [5, 5.41) is 10.6. The molecule has 5 heteroatoms. The molecule has 2 aliphatic rings. The molecule has 5 aromatic carbocycles. The zero-order valence-corrected chi connectivity index (χ0v) is 30.2. The summed E-state index contributed by atoms with van der Waals surface area (Å²) in [5.74, 6) is 4.21. The zero-order chi connectivity index (χ0) is 35.9. The van der Waals surface area contributed by atoms with Gasteiger partial charge in [-0.15, -0.1) is 0 Å². The molecule has 0 aliphatic heterocycles. The first-order chi connectivity index (χ1) is 25.9. The van der Waals surface area contributed by atoms with Crippen LogP contribution in [0.25, 0.3) is 67.3 Å². The highest BCUT2D eigenvalue weighted by atomic mass is 15.0. The second-order valence-electron chi connectivity index (χ2n) is 15.6. The largest absolute Gasteiger partial charge is 0.256 e. The minimum absolute atomic E-state index is 0.258. The van der Waals surface area contributed by atoms with Gasteiger partial charge in [0.1, 0.15) is 0 Å². The fraction of sp³-hybridized carbons (Fsp3) is 0.229. The van der Waals surface area contributed by atoms with Gasteiger partial charge in [0.05, 0.1) is 17.1 Å². The normalized spacial score (nSPS) is 20.9. The van der Waals surface area contributed by atoms with Crippen molar-refractivity contribution in [2.75, 3.05) is 0 Å². The Balaban J connectivity index is 1.18. The Bertz CT molecular complexity index is 2460. The van der Waals surface area contributed by atoms with Gasteiger partial charge in [-0.2, -0.15) is 5.26 Å². The summed E-state index contributed by atoms with van der Waals surface area (Å²) >= 11 is 0. The SMILES string of the molecule is C[C@@H]1CC2C[C@H](C)CC(c3ccc(-c4nc(-c5ccc(-c6ccccc6)c(-c6ccc(C#N)cc6)c5)nc(-c5ccc6cccnc6c5)n4)cc3)(C2)C1. The quantitative estimate of drug-likeness (QED) is 0.174. The Morgan fingerprint density at radius 3 is 1.87 bits per heavy atom. The molecule has 2 fully saturated rings. The fourth-order valence-corrected chi connectivity index (χ4v) is 9.52. The molecule has 0 radical (unpaired) electrons. The molecular weight excluding hydrogens is 647 g/mol. The predicted octanol–water partition coefficient (Wildman–Crippen LogP) is 11.7. The van der Waals surface area contributed by atoms with Crippen LogP contribution < -0.4 is 0 Å². The maximum atomic E-state index is 9.49. The van der Waals surface area contributed by atoms with Crippen LogP contribution in [0.4, 0.5) is 0 Å². The topological polar surface area (TPSA) is 75.3 Å². The summed E-state index contributed by atoms with van der Waals surface area (Å²) in [4.78, 5) is 20.0. The van der Waals surface area contributed by atoms with Crippen molar-refractivity contribution in [3.05, 3.63) is 145 Å². The molecular formula is C48H41N5. The third-order valence-corrected chi connectivity index (χ3v) is 11.6. The molecule has 2 saturated carbocycles. The van der Waals surface area contributed by atoms with E-state index in [9.17, 15) is 5.26 Å². The molecule has 7 aromatic rings. The van der Waals surface area contributed by atoms with Crippen LogP contribution in [0.2, 0.25) is 0 Å². The number of aromatic nitrogens is 4. The number of hydrogen-bond acceptors (Lipinski definition) is 5. The summed E-state index contributed by atoms with van der Waals surface area (Å²) in [6.07, 6.45) is 8.39. The van der Waals surface area contributed by atoms with Gasteiger partial charge in [0.15, 0.2) is 17.5 Å². The van der Waals surface area contributed by atoms with Crippen molar-refractivity contribution in [1.82, 2.24) is 19.9 Å². The van der Waals surface area contributed by atoms with Crippen molar-refractivity contribution >= 4 is 10.9 Å². The van der Waals surface area contributed by atoms with Gasteiger partial charge in [0, 0.05) is 28.3 Å². The molecule has 258 valence electrons. The summed E-state index contributed by atoms with van der Waals surface area (Å²) in [7, 11) is 0. The Labute approximate surface area is 311 Å². The minimum Gasteiger partial charge on any atom is -0.256 e. The van der Waals surface area contributed by atoms with Crippen LogP contribution in [0.15, 0.2) is 134 Å². The molecule has 0 saturated heterocycles. The molecule has 2 aromatic heterocycles. The lowest BCUT2D eigenvalue weighted by Gasteiger charge is -2.50. The van der Waals surface area contributed by atoms with Crippen molar-refractivity contribution in [2.24, 2.45) is 17.8 Å². The molecule has 0 N–H and O–H groups in total. The van der Waals surface area contributed by atoms with Crippen molar-refractivity contribution in [3.8, 4) is 62.5 Å². The highest BCUT2D eigenvalue weighted by Crippen LogP contribution is 2.54. The Kier molecular flexibility index (Phi) is 8.39. The predicted molar refractivity (Wildman–Crippen MR) is 214 cm³/mol. The summed E-state index contributed by atoms with van der Waals surface area (Å²) in [6, 6.07) is 46.2. The standard InChI is InChI=1S/C48H41N5/c1-31-23-34-24-32(2)28-48(27-31,29-34)41-19-16-38(17-20-41)45-51-46(53-47(52-45)40-15-14-37-9-6-22-50-44(37)26-40)39-18-21-42(35-7-4-3-5-8-35)43(25-39)36-12-10-33(30-49)11-13-36/h3-22,25-26,31-32,34H,23-24,27-29H2,1-2H3/t31-,32+,34?,48?. The van der Waals surface area contributed by atoms with Crippen molar-refractivity contribution in [1.29, 1.82) is 5.26 Å². The van der Waals surface area contributed by atoms with Gasteiger partial charge < -0.3 is 0 Å². The molecule has 2 bridgehead atoms. The van der Waals surface area contributed by atoms with Gasteiger partial charge in [-0.1, -0.05) is 111 Å². The highest BCUT2D eigenvalue weighted by molar-refractivity contribution is 5.87. The minimum atomic E-state index is 0.258. The molecule has 53 heavy (non-hydrogen) atoms. The summed E-state index contributed by atoms with van der Waals surface area (Å²) in [6.45, 7) is 4.89. The highest BCUT2D eigenvalue weighted by Gasteiger charge is 2.45. The third-order valence-electron chi connectivity index (χ3n) is 11.6. The maximum absolute atomic E-state index is 9.49. The van der Waals surface area contributed by atoms with E-state index < -0.39 is 0 Å². The Hall–Kier alpha value is -5.99. The van der Waals surface area contributed by atoms with Crippen LogP contribution in [-0.4, -0.2) is 19.9 Å². The molecule has 2 aliphatic carbocycles. The molecule has 5 nitrogen and oxygen atoms in total. The van der Waals surface area contributed by atoms with Gasteiger partial charge in [-0.25, -0.2) is 15.0 Å². The number of nitriles is 1. The average molecular weight is 688 g/mol. The van der Waals surface area contributed by atoms with E-state index in [0.29, 0.717) is 23.0 Å². The lowest BCUT2D eigenvalue weighted by Crippen LogP contribution is -2.42. The number of nitrogens with zero attached hydrogens (tertiary/aromatic N) is 5. The van der Waals surface area contributed by atoms with Crippen LogP contribution in [0, 0.1) is 29.1 Å². The van der Waals surface area contributed by atoms with E-state index in [1.807, 2.05) is 42.6 Å². The zero-order valence-electron chi connectivity index (χ0n) is 30.2. The van der Waals surface area contributed by atoms with Crippen LogP contribution >= 0.6 is 0 Å². The first-order valence-electron chi connectivity index (χ1n) is 18.9. The van der Waals surface area contributed by atoms with E-state index in [0.717, 1.165) is 67.6 Å². The average Bonchev–Trinajstić information content (AvgIpc) is 3.20. The van der Waals surface area contributed by atoms with E-state index in [2.05, 4.69) is 116 Å². The van der Waals surface area contributed by atoms with Crippen LogP contribution in [0.5, 0.6) is 0 Å². The van der Waals surface area contributed by atoms with Gasteiger partial charge >= 0.3 is 0 Å². The van der Waals surface area contributed by atoms with Crippen molar-refractivity contribution in [3.63, 3.8) is 0 Å². The molecule has 2 unspecified atom stereocenters. The monoisotopic (exact) mass is 687 g/mol. The molecule has 4 atom stereocenters. The van der Waals surface area contributed by atoms with Gasteiger partial charge in [-0.3, -0.25) is 4.98 Å². The molecule has 2 heterocycles. The van der Waals surface area contributed by atoms with Crippen molar-refractivity contribution < 1.29 is 0 Å². The van der Waals surface area contributed by atoms with Gasteiger partial charge in [0.2, 0.25) is 0 Å². The van der Waals surface area contributed by atoms with Crippen LogP contribution in [0.1, 0.15) is 57.1 Å². The van der Waals surface area contributed by atoms with Crippen molar-refractivity contribution in [2.45, 2.75) is 51.4 Å². The molecule has 0 amide bonds. The second kappa shape index (κ2) is 13.5. The number of hydrogen-bond donors (Lipinski definition) is 0. The first-order valence-corrected chi connectivity index (χ1v) is 18.9. The van der Waals surface area contributed by atoms with E-state index in [1.165, 1.54) is 37.7 Å². The summed E-state index contributed by atoms with van der Waals surface area (Å²) < 4.78 is 0. The number of pyridine rings is 1.